The number of amides is 3. The molecule has 2 aromatic heterocycles. The molecule has 1 N–H and O–H groups in total. The predicted octanol–water partition coefficient (Wildman–Crippen LogP) is 3.81. The van der Waals surface area contributed by atoms with Gasteiger partial charge in [-0.05, 0) is 24.6 Å². The number of alkyl halides is 2. The van der Waals surface area contributed by atoms with Crippen LogP contribution in [0, 0.1) is 23.0 Å². The second-order valence-electron chi connectivity index (χ2n) is 9.80. The van der Waals surface area contributed by atoms with Crippen LogP contribution in [-0.2, 0) is 14.4 Å². The van der Waals surface area contributed by atoms with Crippen LogP contribution in [0.15, 0.2) is 61.1 Å². The van der Waals surface area contributed by atoms with Gasteiger partial charge in [0, 0.05) is 43.1 Å². The molecule has 9 nitrogen and oxygen atoms in total. The zero-order valence-corrected chi connectivity index (χ0v) is 21.3. The van der Waals surface area contributed by atoms with E-state index in [1.165, 1.54) is 36.5 Å². The highest BCUT2D eigenvalue weighted by molar-refractivity contribution is 6.10. The fourth-order valence-electron chi connectivity index (χ4n) is 5.06. The van der Waals surface area contributed by atoms with E-state index in [0.717, 1.165) is 34.3 Å². The smallest absolute Gasteiger partial charge is 0.252 e. The fraction of sp³-hybridized carbons (Fsp3) is 0.286. The molecule has 1 saturated heterocycles. The van der Waals surface area contributed by atoms with Crippen LogP contribution in [-0.4, -0.2) is 45.7 Å². The molecule has 0 radical (unpaired) electrons. The second-order valence-corrected chi connectivity index (χ2v) is 9.80. The number of rotatable bonds is 7. The Balaban J connectivity index is 1.61. The molecule has 2 fully saturated rings. The Hall–Kier alpha value is -4.86. The SMILES string of the molecule is N#Cc1ccnc(N2C(=O)CCC2C(=O)N(c2cncc(F)c2)C(C(=O)NC2CC(F)(F)C2)c2ccccc2F)c1. The van der Waals surface area contributed by atoms with E-state index >= 15 is 4.39 Å². The number of hydrogen-bond donors (Lipinski definition) is 1. The van der Waals surface area contributed by atoms with Gasteiger partial charge in [-0.3, -0.25) is 29.2 Å². The molecule has 1 aromatic carbocycles. The summed E-state index contributed by atoms with van der Waals surface area (Å²) in [7, 11) is 0. The van der Waals surface area contributed by atoms with E-state index < -0.39 is 66.2 Å². The highest BCUT2D eigenvalue weighted by Crippen LogP contribution is 2.39. The van der Waals surface area contributed by atoms with Crippen molar-refractivity contribution in [3.63, 3.8) is 0 Å². The van der Waals surface area contributed by atoms with Crippen molar-refractivity contribution in [1.82, 2.24) is 15.3 Å². The third-order valence-corrected chi connectivity index (χ3v) is 6.97. The van der Waals surface area contributed by atoms with Gasteiger partial charge < -0.3 is 5.32 Å². The van der Waals surface area contributed by atoms with Gasteiger partial charge >= 0.3 is 0 Å². The average molecular weight is 567 g/mol. The first kappa shape index (κ1) is 27.7. The molecule has 2 unspecified atom stereocenters. The summed E-state index contributed by atoms with van der Waals surface area (Å²) in [4.78, 5) is 50.7. The molecule has 3 amide bonds. The largest absolute Gasteiger partial charge is 0.351 e. The Labute approximate surface area is 231 Å². The summed E-state index contributed by atoms with van der Waals surface area (Å²) >= 11 is 0. The molecule has 2 aliphatic rings. The number of aromatic nitrogens is 2. The van der Waals surface area contributed by atoms with Gasteiger partial charge in [0.15, 0.2) is 0 Å². The number of pyridine rings is 2. The molecule has 13 heteroatoms. The van der Waals surface area contributed by atoms with Crippen LogP contribution in [0.1, 0.15) is 42.9 Å². The number of nitriles is 1. The Morgan fingerprint density at radius 2 is 1.90 bits per heavy atom. The van der Waals surface area contributed by atoms with Gasteiger partial charge in [0.05, 0.1) is 29.7 Å². The lowest BCUT2D eigenvalue weighted by Crippen LogP contribution is -2.56. The minimum absolute atomic E-state index is 0.00538. The number of halogens is 4. The van der Waals surface area contributed by atoms with Crippen molar-refractivity contribution in [2.75, 3.05) is 9.80 Å². The lowest BCUT2D eigenvalue weighted by atomic mass is 9.87. The summed E-state index contributed by atoms with van der Waals surface area (Å²) in [5.74, 6) is -7.07. The van der Waals surface area contributed by atoms with Crippen molar-refractivity contribution in [3.05, 3.63) is 83.8 Å². The molecule has 2 atom stereocenters. The van der Waals surface area contributed by atoms with Gasteiger partial charge in [-0.2, -0.15) is 5.26 Å². The van der Waals surface area contributed by atoms with E-state index in [0.29, 0.717) is 0 Å². The highest BCUT2D eigenvalue weighted by atomic mass is 19.3. The van der Waals surface area contributed by atoms with Crippen LogP contribution in [0.3, 0.4) is 0 Å². The Bertz CT molecular complexity index is 1550. The van der Waals surface area contributed by atoms with Gasteiger partial charge in [-0.15, -0.1) is 0 Å². The molecule has 3 heterocycles. The summed E-state index contributed by atoms with van der Waals surface area (Å²) < 4.78 is 56.7. The van der Waals surface area contributed by atoms with Crippen molar-refractivity contribution in [2.45, 2.75) is 49.7 Å². The van der Waals surface area contributed by atoms with Crippen LogP contribution in [0.25, 0.3) is 0 Å². The normalized spacial score (nSPS) is 18.8. The maximum atomic E-state index is 15.2. The molecule has 0 bridgehead atoms. The topological polar surface area (TPSA) is 119 Å². The number of anilines is 2. The summed E-state index contributed by atoms with van der Waals surface area (Å²) in [6.45, 7) is 0. The fourth-order valence-corrected chi connectivity index (χ4v) is 5.06. The second kappa shape index (κ2) is 11.0. The number of carbonyl (C=O) groups excluding carboxylic acids is 3. The van der Waals surface area contributed by atoms with E-state index in [1.54, 1.807) is 0 Å². The number of hydrogen-bond acceptors (Lipinski definition) is 6. The average Bonchev–Trinajstić information content (AvgIpc) is 3.32. The Kier molecular flexibility index (Phi) is 7.40. The first-order valence-corrected chi connectivity index (χ1v) is 12.6. The Morgan fingerprint density at radius 1 is 1.15 bits per heavy atom. The number of benzene rings is 1. The van der Waals surface area contributed by atoms with Crippen LogP contribution in [0.2, 0.25) is 0 Å². The van der Waals surface area contributed by atoms with E-state index in [2.05, 4.69) is 15.3 Å². The van der Waals surface area contributed by atoms with E-state index in [1.807, 2.05) is 6.07 Å². The zero-order chi connectivity index (χ0) is 29.3. The molecule has 5 rings (SSSR count). The van der Waals surface area contributed by atoms with Crippen molar-refractivity contribution in [1.29, 1.82) is 5.26 Å². The summed E-state index contributed by atoms with van der Waals surface area (Å²) in [6, 6.07) is 6.67. The lowest BCUT2D eigenvalue weighted by molar-refractivity contribution is -0.133. The van der Waals surface area contributed by atoms with Gasteiger partial charge in [-0.1, -0.05) is 18.2 Å². The van der Waals surface area contributed by atoms with Gasteiger partial charge in [0.25, 0.3) is 11.8 Å². The number of carbonyl (C=O) groups is 3. The minimum Gasteiger partial charge on any atom is -0.351 e. The van der Waals surface area contributed by atoms with Crippen molar-refractivity contribution < 1.29 is 31.9 Å². The highest BCUT2D eigenvalue weighted by Gasteiger charge is 2.48. The van der Waals surface area contributed by atoms with Crippen LogP contribution < -0.4 is 15.1 Å². The monoisotopic (exact) mass is 566 g/mol. The summed E-state index contributed by atoms with van der Waals surface area (Å²) in [5.41, 5.74) is -0.336. The number of nitrogens with one attached hydrogen (secondary N) is 1. The van der Waals surface area contributed by atoms with E-state index in [-0.39, 0.29) is 35.5 Å². The molecule has 0 spiro atoms. The third kappa shape index (κ3) is 5.58. The molecular weight excluding hydrogens is 544 g/mol. The first-order chi connectivity index (χ1) is 19.6. The molecule has 3 aromatic rings. The molecule has 1 aliphatic heterocycles. The van der Waals surface area contributed by atoms with Gasteiger partial charge in [0.1, 0.15) is 29.5 Å². The van der Waals surface area contributed by atoms with Crippen molar-refractivity contribution in [2.24, 2.45) is 0 Å². The molecule has 1 saturated carbocycles. The van der Waals surface area contributed by atoms with Crippen LogP contribution >= 0.6 is 0 Å². The maximum Gasteiger partial charge on any atom is 0.252 e. The summed E-state index contributed by atoms with van der Waals surface area (Å²) in [5, 5.41) is 11.8. The first-order valence-electron chi connectivity index (χ1n) is 12.6. The quantitative estimate of drug-likeness (QED) is 0.435. The van der Waals surface area contributed by atoms with E-state index in [9.17, 15) is 32.8 Å². The van der Waals surface area contributed by atoms with Crippen molar-refractivity contribution >= 4 is 29.2 Å². The van der Waals surface area contributed by atoms with Crippen molar-refractivity contribution in [3.8, 4) is 6.07 Å². The minimum atomic E-state index is -2.97. The maximum absolute atomic E-state index is 15.2. The van der Waals surface area contributed by atoms with Gasteiger partial charge in [-0.25, -0.2) is 22.5 Å². The lowest BCUT2D eigenvalue weighted by Gasteiger charge is -2.39. The summed E-state index contributed by atoms with van der Waals surface area (Å²) in [6.07, 6.45) is 1.86. The Morgan fingerprint density at radius 3 is 2.59 bits per heavy atom. The molecular formula is C28H22F4N6O3. The third-order valence-electron chi connectivity index (χ3n) is 6.97. The molecule has 210 valence electrons. The zero-order valence-electron chi connectivity index (χ0n) is 21.3. The predicted molar refractivity (Wildman–Crippen MR) is 136 cm³/mol. The standard InChI is InChI=1S/C28H22F4N6O3/c29-17-10-19(15-34-14-17)37(27(41)22-5-6-24(39)38(22)23-9-16(13-33)7-8-35-23)25(20-3-1-2-4-21(20)30)26(40)36-18-11-28(31,32)12-18/h1-4,7-10,14-15,18,22,25H,5-6,11-12H2,(H,36,40). The molecule has 1 aliphatic carbocycles. The molecule has 41 heavy (non-hydrogen) atoms. The van der Waals surface area contributed by atoms with Gasteiger partial charge in [0.2, 0.25) is 11.8 Å². The van der Waals surface area contributed by atoms with Crippen LogP contribution in [0.4, 0.5) is 29.1 Å². The van der Waals surface area contributed by atoms with Crippen LogP contribution in [0.5, 0.6) is 0 Å². The van der Waals surface area contributed by atoms with E-state index in [4.69, 9.17) is 0 Å². The number of nitrogens with zero attached hydrogens (tertiary/aromatic N) is 5.